The molecule has 0 fully saturated rings. The molecule has 2 aromatic heterocycles. The zero-order chi connectivity index (χ0) is 29.9. The van der Waals surface area contributed by atoms with Gasteiger partial charge in [-0.3, -0.25) is 0 Å². The highest BCUT2D eigenvalue weighted by atomic mass is 16.5. The number of aromatic amines is 2. The standard InChI is InChI=1S/C36H44N2O4/c1-5-6-7-8-9-16-21-30-27(4)34(36(40)42-24-29-19-14-11-15-20-29)38-32(30)22-31-25(2)26(3)33(37-31)35(39)41-23-28-17-12-10-13-18-28/h10-15,17-20,37-38H,5-9,16,21-24H2,1-4H3. The van der Waals surface area contributed by atoms with Crippen molar-refractivity contribution in [2.75, 3.05) is 0 Å². The monoisotopic (exact) mass is 568 g/mol. The number of aromatic nitrogens is 2. The molecule has 0 bridgehead atoms. The van der Waals surface area contributed by atoms with Gasteiger partial charge in [0, 0.05) is 17.8 Å². The highest BCUT2D eigenvalue weighted by Gasteiger charge is 2.23. The highest BCUT2D eigenvalue weighted by Crippen LogP contribution is 2.27. The second-order valence-electron chi connectivity index (χ2n) is 11.1. The van der Waals surface area contributed by atoms with E-state index < -0.39 is 0 Å². The number of carbonyl (C=O) groups is 2. The van der Waals surface area contributed by atoms with Crippen molar-refractivity contribution in [3.05, 3.63) is 117 Å². The molecule has 0 unspecified atom stereocenters. The van der Waals surface area contributed by atoms with E-state index in [1.54, 1.807) is 0 Å². The molecule has 2 N–H and O–H groups in total. The molecule has 4 rings (SSSR count). The molecule has 0 aliphatic carbocycles. The van der Waals surface area contributed by atoms with Crippen LogP contribution in [0.3, 0.4) is 0 Å². The number of H-pyrrole nitrogens is 2. The van der Waals surface area contributed by atoms with Gasteiger partial charge in [-0.2, -0.15) is 0 Å². The van der Waals surface area contributed by atoms with Crippen molar-refractivity contribution in [1.82, 2.24) is 9.97 Å². The van der Waals surface area contributed by atoms with E-state index in [2.05, 4.69) is 16.9 Å². The van der Waals surface area contributed by atoms with Crippen LogP contribution in [0, 0.1) is 20.8 Å². The number of carbonyl (C=O) groups excluding carboxylic acids is 2. The van der Waals surface area contributed by atoms with Gasteiger partial charge in [-0.15, -0.1) is 0 Å². The van der Waals surface area contributed by atoms with Crippen molar-refractivity contribution in [3.63, 3.8) is 0 Å². The average Bonchev–Trinajstić information content (AvgIpc) is 3.48. The fourth-order valence-electron chi connectivity index (χ4n) is 5.37. The van der Waals surface area contributed by atoms with Crippen LogP contribution in [0.15, 0.2) is 60.7 Å². The molecule has 0 atom stereocenters. The third-order valence-corrected chi connectivity index (χ3v) is 8.10. The quantitative estimate of drug-likeness (QED) is 0.111. The Hall–Kier alpha value is -4.06. The minimum Gasteiger partial charge on any atom is -0.456 e. The maximum Gasteiger partial charge on any atom is 0.355 e. The molecule has 6 nitrogen and oxygen atoms in total. The maximum atomic E-state index is 13.2. The lowest BCUT2D eigenvalue weighted by Gasteiger charge is -2.07. The van der Waals surface area contributed by atoms with Crippen LogP contribution in [0.2, 0.25) is 0 Å². The van der Waals surface area contributed by atoms with Crippen molar-refractivity contribution in [3.8, 4) is 0 Å². The van der Waals surface area contributed by atoms with Crippen LogP contribution < -0.4 is 0 Å². The average molecular weight is 569 g/mol. The Morgan fingerprint density at radius 2 is 1.12 bits per heavy atom. The summed E-state index contributed by atoms with van der Waals surface area (Å²) in [5, 5.41) is 0. The predicted octanol–water partition coefficient (Wildman–Crippen LogP) is 8.48. The maximum absolute atomic E-state index is 13.2. The number of esters is 2. The van der Waals surface area contributed by atoms with Gasteiger partial charge in [0.15, 0.2) is 0 Å². The fraction of sp³-hybridized carbons (Fsp3) is 0.389. The first-order valence-electron chi connectivity index (χ1n) is 15.2. The van der Waals surface area contributed by atoms with Gasteiger partial charge in [0.05, 0.1) is 0 Å². The Morgan fingerprint density at radius 1 is 0.619 bits per heavy atom. The van der Waals surface area contributed by atoms with Gasteiger partial charge in [0.25, 0.3) is 0 Å². The summed E-state index contributed by atoms with van der Waals surface area (Å²) in [6.45, 7) is 8.64. The Bertz CT molecular complexity index is 1450. The Balaban J connectivity index is 1.52. The van der Waals surface area contributed by atoms with Crippen LogP contribution >= 0.6 is 0 Å². The van der Waals surface area contributed by atoms with Gasteiger partial charge in [0.1, 0.15) is 24.6 Å². The molecule has 2 heterocycles. The molecule has 0 amide bonds. The van der Waals surface area contributed by atoms with Crippen LogP contribution in [0.25, 0.3) is 0 Å². The first-order valence-corrected chi connectivity index (χ1v) is 15.2. The molecule has 0 spiro atoms. The smallest absolute Gasteiger partial charge is 0.355 e. The number of hydrogen-bond acceptors (Lipinski definition) is 4. The van der Waals surface area contributed by atoms with E-state index in [4.69, 9.17) is 9.47 Å². The van der Waals surface area contributed by atoms with Crippen LogP contribution in [0.5, 0.6) is 0 Å². The van der Waals surface area contributed by atoms with E-state index >= 15 is 0 Å². The lowest BCUT2D eigenvalue weighted by atomic mass is 9.99. The zero-order valence-corrected chi connectivity index (χ0v) is 25.5. The van der Waals surface area contributed by atoms with Crippen molar-refractivity contribution < 1.29 is 19.1 Å². The Labute approximate surface area is 249 Å². The van der Waals surface area contributed by atoms with E-state index in [-0.39, 0.29) is 25.2 Å². The third kappa shape index (κ3) is 8.03. The summed E-state index contributed by atoms with van der Waals surface area (Å²) in [6, 6.07) is 19.4. The number of benzene rings is 2. The fourth-order valence-corrected chi connectivity index (χ4v) is 5.37. The highest BCUT2D eigenvalue weighted by molar-refractivity contribution is 5.90. The molecule has 4 aromatic rings. The molecule has 0 radical (unpaired) electrons. The lowest BCUT2D eigenvalue weighted by Crippen LogP contribution is -2.08. The topological polar surface area (TPSA) is 84.2 Å². The molecule has 222 valence electrons. The number of ether oxygens (including phenoxy) is 2. The molecule has 6 heteroatoms. The zero-order valence-electron chi connectivity index (χ0n) is 25.5. The number of nitrogens with one attached hydrogen (secondary N) is 2. The van der Waals surface area contributed by atoms with Crippen LogP contribution in [0.4, 0.5) is 0 Å². The summed E-state index contributed by atoms with van der Waals surface area (Å²) in [4.78, 5) is 32.9. The van der Waals surface area contributed by atoms with Crippen molar-refractivity contribution in [1.29, 1.82) is 0 Å². The summed E-state index contributed by atoms with van der Waals surface area (Å²) in [5.74, 6) is -0.720. The van der Waals surface area contributed by atoms with E-state index in [0.717, 1.165) is 64.0 Å². The first-order chi connectivity index (χ1) is 20.4. The van der Waals surface area contributed by atoms with E-state index in [1.807, 2.05) is 81.4 Å². The number of unbranched alkanes of at least 4 members (excludes halogenated alkanes) is 5. The number of hydrogen-bond donors (Lipinski definition) is 2. The third-order valence-electron chi connectivity index (χ3n) is 8.10. The van der Waals surface area contributed by atoms with Crippen LogP contribution in [-0.2, 0) is 35.5 Å². The van der Waals surface area contributed by atoms with Crippen molar-refractivity contribution >= 4 is 11.9 Å². The SMILES string of the molecule is CCCCCCCCc1c(Cc2[nH]c(C(=O)OCc3ccccc3)c(C)c2C)[nH]c(C(=O)OCc2ccccc2)c1C. The minimum absolute atomic E-state index is 0.221. The van der Waals surface area contributed by atoms with E-state index in [1.165, 1.54) is 25.7 Å². The molecule has 0 aliphatic heterocycles. The second-order valence-corrected chi connectivity index (χ2v) is 11.1. The molecule has 2 aromatic carbocycles. The summed E-state index contributed by atoms with van der Waals surface area (Å²) in [6.07, 6.45) is 8.65. The minimum atomic E-state index is -0.370. The van der Waals surface area contributed by atoms with Gasteiger partial charge in [-0.1, -0.05) is 99.7 Å². The van der Waals surface area contributed by atoms with Crippen LogP contribution in [0.1, 0.15) is 111 Å². The second kappa shape index (κ2) is 15.2. The van der Waals surface area contributed by atoms with Gasteiger partial charge >= 0.3 is 11.9 Å². The molecular formula is C36H44N2O4. The van der Waals surface area contributed by atoms with Crippen molar-refractivity contribution in [2.24, 2.45) is 0 Å². The van der Waals surface area contributed by atoms with Gasteiger partial charge in [-0.05, 0) is 67.0 Å². The lowest BCUT2D eigenvalue weighted by molar-refractivity contribution is 0.0457. The van der Waals surface area contributed by atoms with Crippen LogP contribution in [-0.4, -0.2) is 21.9 Å². The Kier molecular flexibility index (Phi) is 11.2. The predicted molar refractivity (Wildman–Crippen MR) is 167 cm³/mol. The Morgan fingerprint density at radius 3 is 1.69 bits per heavy atom. The first kappa shape index (κ1) is 30.9. The summed E-state index contributed by atoms with van der Waals surface area (Å²) in [5.41, 5.74) is 8.81. The molecule has 42 heavy (non-hydrogen) atoms. The molecule has 0 saturated heterocycles. The van der Waals surface area contributed by atoms with Crippen molar-refractivity contribution in [2.45, 2.75) is 92.3 Å². The number of rotatable bonds is 15. The van der Waals surface area contributed by atoms with Gasteiger partial charge in [-0.25, -0.2) is 9.59 Å². The molecular weight excluding hydrogens is 524 g/mol. The summed E-state index contributed by atoms with van der Waals surface area (Å²) < 4.78 is 11.3. The molecule has 0 saturated carbocycles. The molecule has 0 aliphatic rings. The van der Waals surface area contributed by atoms with E-state index in [9.17, 15) is 9.59 Å². The van der Waals surface area contributed by atoms with Gasteiger partial charge in [0.2, 0.25) is 0 Å². The van der Waals surface area contributed by atoms with Gasteiger partial charge < -0.3 is 19.4 Å². The largest absolute Gasteiger partial charge is 0.456 e. The normalized spacial score (nSPS) is 11.0. The summed E-state index contributed by atoms with van der Waals surface area (Å²) >= 11 is 0. The summed E-state index contributed by atoms with van der Waals surface area (Å²) in [7, 11) is 0. The van der Waals surface area contributed by atoms with E-state index in [0.29, 0.717) is 17.8 Å².